The standard InChI is InChI=1S/C11H19NO3/c13-11(14)5-9-3-1-2-4-12(6-9)10-7-15-8-10/h9-10H,1-8H2,(H,13,14). The van der Waals surface area contributed by atoms with Crippen LogP contribution in [0, 0.1) is 5.92 Å². The quantitative estimate of drug-likeness (QED) is 0.758. The molecule has 0 amide bonds. The van der Waals surface area contributed by atoms with Gasteiger partial charge in [-0.15, -0.1) is 0 Å². The number of carboxylic acid groups (broad SMARTS) is 1. The summed E-state index contributed by atoms with van der Waals surface area (Å²) in [5.41, 5.74) is 0. The van der Waals surface area contributed by atoms with Gasteiger partial charge in [0, 0.05) is 13.0 Å². The van der Waals surface area contributed by atoms with Gasteiger partial charge in [-0.25, -0.2) is 0 Å². The minimum Gasteiger partial charge on any atom is -0.481 e. The molecule has 0 bridgehead atoms. The average Bonchev–Trinajstić information content (AvgIpc) is 2.26. The Labute approximate surface area is 90.2 Å². The summed E-state index contributed by atoms with van der Waals surface area (Å²) in [5.74, 6) is -0.322. The van der Waals surface area contributed by atoms with Gasteiger partial charge < -0.3 is 9.84 Å². The minimum absolute atomic E-state index is 0.323. The van der Waals surface area contributed by atoms with Gasteiger partial charge in [0.1, 0.15) is 0 Å². The first kappa shape index (κ1) is 10.9. The molecule has 2 fully saturated rings. The first-order valence-corrected chi connectivity index (χ1v) is 5.79. The van der Waals surface area contributed by atoms with Crippen LogP contribution in [0.1, 0.15) is 25.7 Å². The summed E-state index contributed by atoms with van der Waals surface area (Å²) in [4.78, 5) is 13.1. The fourth-order valence-electron chi connectivity index (χ4n) is 2.44. The molecule has 2 saturated heterocycles. The van der Waals surface area contributed by atoms with Crippen LogP contribution in [0.3, 0.4) is 0 Å². The number of ether oxygens (including phenoxy) is 1. The van der Waals surface area contributed by atoms with Crippen molar-refractivity contribution in [3.63, 3.8) is 0 Å². The van der Waals surface area contributed by atoms with Crippen molar-refractivity contribution in [1.82, 2.24) is 4.90 Å². The lowest BCUT2D eigenvalue weighted by Gasteiger charge is -2.37. The summed E-state index contributed by atoms with van der Waals surface area (Å²) >= 11 is 0. The molecule has 2 rings (SSSR count). The number of rotatable bonds is 3. The van der Waals surface area contributed by atoms with Crippen LogP contribution in [0.25, 0.3) is 0 Å². The van der Waals surface area contributed by atoms with Crippen LogP contribution in [0.4, 0.5) is 0 Å². The molecule has 0 saturated carbocycles. The van der Waals surface area contributed by atoms with Crippen molar-refractivity contribution < 1.29 is 14.6 Å². The molecule has 86 valence electrons. The maximum Gasteiger partial charge on any atom is 0.303 e. The monoisotopic (exact) mass is 213 g/mol. The van der Waals surface area contributed by atoms with Crippen LogP contribution < -0.4 is 0 Å². The molecule has 0 aromatic rings. The SMILES string of the molecule is O=C(O)CC1CCCCN(C2COC2)C1. The molecule has 4 nitrogen and oxygen atoms in total. The summed E-state index contributed by atoms with van der Waals surface area (Å²) in [6.45, 7) is 3.73. The van der Waals surface area contributed by atoms with E-state index in [0.717, 1.165) is 32.7 Å². The minimum atomic E-state index is -0.660. The number of likely N-dealkylation sites (tertiary alicyclic amines) is 1. The Bertz CT molecular complexity index is 228. The number of hydrogen-bond acceptors (Lipinski definition) is 3. The van der Waals surface area contributed by atoms with E-state index in [4.69, 9.17) is 9.84 Å². The third-order valence-corrected chi connectivity index (χ3v) is 3.40. The zero-order valence-electron chi connectivity index (χ0n) is 9.02. The van der Waals surface area contributed by atoms with Crippen LogP contribution in [0.2, 0.25) is 0 Å². The van der Waals surface area contributed by atoms with Crippen LogP contribution in [-0.4, -0.2) is 48.3 Å². The summed E-state index contributed by atoms with van der Waals surface area (Å²) in [7, 11) is 0. The lowest BCUT2D eigenvalue weighted by molar-refractivity contribution is -0.138. The second-order valence-electron chi connectivity index (χ2n) is 4.65. The topological polar surface area (TPSA) is 49.8 Å². The summed E-state index contributed by atoms with van der Waals surface area (Å²) in [6.07, 6.45) is 3.76. The van der Waals surface area contributed by atoms with Crippen LogP contribution >= 0.6 is 0 Å². The molecular weight excluding hydrogens is 194 g/mol. The van der Waals surface area contributed by atoms with E-state index in [1.54, 1.807) is 0 Å². The zero-order valence-corrected chi connectivity index (χ0v) is 9.02. The number of carbonyl (C=O) groups is 1. The second kappa shape index (κ2) is 4.94. The van der Waals surface area contributed by atoms with Gasteiger partial charge in [0.05, 0.1) is 19.3 Å². The highest BCUT2D eigenvalue weighted by Crippen LogP contribution is 2.23. The lowest BCUT2D eigenvalue weighted by Crippen LogP contribution is -2.50. The molecule has 0 aliphatic carbocycles. The summed E-state index contributed by atoms with van der Waals surface area (Å²) in [5, 5.41) is 8.81. The van der Waals surface area contributed by atoms with E-state index >= 15 is 0 Å². The van der Waals surface area contributed by atoms with Crippen molar-refractivity contribution in [2.24, 2.45) is 5.92 Å². The van der Waals surface area contributed by atoms with Crippen molar-refractivity contribution in [2.45, 2.75) is 31.7 Å². The smallest absolute Gasteiger partial charge is 0.303 e. The van der Waals surface area contributed by atoms with Gasteiger partial charge in [0.25, 0.3) is 0 Å². The van der Waals surface area contributed by atoms with E-state index in [-0.39, 0.29) is 0 Å². The largest absolute Gasteiger partial charge is 0.481 e. The number of aliphatic carboxylic acids is 1. The lowest BCUT2D eigenvalue weighted by atomic mass is 9.99. The average molecular weight is 213 g/mol. The van der Waals surface area contributed by atoms with Crippen molar-refractivity contribution in [3.05, 3.63) is 0 Å². The predicted octanol–water partition coefficient (Wildman–Crippen LogP) is 0.962. The second-order valence-corrected chi connectivity index (χ2v) is 4.65. The molecule has 0 spiro atoms. The van der Waals surface area contributed by atoms with E-state index in [2.05, 4.69) is 4.90 Å². The highest BCUT2D eigenvalue weighted by molar-refractivity contribution is 5.67. The van der Waals surface area contributed by atoms with Gasteiger partial charge in [0.15, 0.2) is 0 Å². The zero-order chi connectivity index (χ0) is 10.7. The molecular formula is C11H19NO3. The maximum absolute atomic E-state index is 10.7. The Kier molecular flexibility index (Phi) is 3.59. The molecule has 2 heterocycles. The van der Waals surface area contributed by atoms with E-state index in [1.165, 1.54) is 12.8 Å². The molecule has 0 aromatic heterocycles. The van der Waals surface area contributed by atoms with Gasteiger partial charge >= 0.3 is 5.97 Å². The maximum atomic E-state index is 10.7. The normalized spacial score (nSPS) is 29.5. The third-order valence-electron chi connectivity index (χ3n) is 3.40. The highest BCUT2D eigenvalue weighted by Gasteiger charge is 2.29. The van der Waals surface area contributed by atoms with Gasteiger partial charge in [-0.2, -0.15) is 0 Å². The van der Waals surface area contributed by atoms with Crippen LogP contribution in [0.15, 0.2) is 0 Å². The molecule has 1 unspecified atom stereocenters. The van der Waals surface area contributed by atoms with Crippen molar-refractivity contribution >= 4 is 5.97 Å². The van der Waals surface area contributed by atoms with Crippen molar-refractivity contribution in [1.29, 1.82) is 0 Å². The van der Waals surface area contributed by atoms with Gasteiger partial charge in [-0.05, 0) is 25.3 Å². The van der Waals surface area contributed by atoms with E-state index < -0.39 is 5.97 Å². The Balaban J connectivity index is 1.86. The molecule has 2 aliphatic rings. The third kappa shape index (κ3) is 2.92. The Hall–Kier alpha value is -0.610. The first-order chi connectivity index (χ1) is 7.25. The molecule has 1 atom stereocenters. The predicted molar refractivity (Wildman–Crippen MR) is 55.8 cm³/mol. The number of nitrogens with zero attached hydrogens (tertiary/aromatic N) is 1. The molecule has 0 radical (unpaired) electrons. The van der Waals surface area contributed by atoms with Crippen LogP contribution in [0.5, 0.6) is 0 Å². The van der Waals surface area contributed by atoms with E-state index in [1.807, 2.05) is 0 Å². The van der Waals surface area contributed by atoms with Gasteiger partial charge in [-0.1, -0.05) is 6.42 Å². The molecule has 1 N–H and O–H groups in total. The number of carboxylic acids is 1. The van der Waals surface area contributed by atoms with Crippen molar-refractivity contribution in [3.8, 4) is 0 Å². The Morgan fingerprint density at radius 3 is 2.80 bits per heavy atom. The van der Waals surface area contributed by atoms with Crippen molar-refractivity contribution in [2.75, 3.05) is 26.3 Å². The van der Waals surface area contributed by atoms with E-state index in [0.29, 0.717) is 18.4 Å². The van der Waals surface area contributed by atoms with Crippen LogP contribution in [-0.2, 0) is 9.53 Å². The summed E-state index contributed by atoms with van der Waals surface area (Å²) in [6, 6.07) is 0.555. The fourth-order valence-corrected chi connectivity index (χ4v) is 2.44. The Morgan fingerprint density at radius 2 is 2.20 bits per heavy atom. The van der Waals surface area contributed by atoms with E-state index in [9.17, 15) is 4.79 Å². The Morgan fingerprint density at radius 1 is 1.40 bits per heavy atom. The molecule has 15 heavy (non-hydrogen) atoms. The molecule has 4 heteroatoms. The molecule has 0 aromatic carbocycles. The first-order valence-electron chi connectivity index (χ1n) is 5.79. The fraction of sp³-hybridized carbons (Fsp3) is 0.909. The van der Waals surface area contributed by atoms with Gasteiger partial charge in [-0.3, -0.25) is 9.69 Å². The van der Waals surface area contributed by atoms with Gasteiger partial charge in [0.2, 0.25) is 0 Å². The number of hydrogen-bond donors (Lipinski definition) is 1. The highest BCUT2D eigenvalue weighted by atomic mass is 16.5. The summed E-state index contributed by atoms with van der Waals surface area (Å²) < 4.78 is 5.19. The molecule has 2 aliphatic heterocycles.